The van der Waals surface area contributed by atoms with Gasteiger partial charge in [0.25, 0.3) is 0 Å². The molecule has 1 aliphatic carbocycles. The first kappa shape index (κ1) is 16.0. The molecule has 0 aromatic carbocycles. The van der Waals surface area contributed by atoms with Gasteiger partial charge >= 0.3 is 0 Å². The normalized spacial score (nSPS) is 25.5. The Morgan fingerprint density at radius 3 is 2.23 bits per heavy atom. The third-order valence-corrected chi connectivity index (χ3v) is 6.62. The Morgan fingerprint density at radius 2 is 1.54 bits per heavy atom. The minimum absolute atomic E-state index is 0.665. The van der Waals surface area contributed by atoms with Crippen LogP contribution in [-0.4, -0.2) is 46.1 Å². The summed E-state index contributed by atoms with van der Waals surface area (Å²) < 4.78 is 0. The maximum absolute atomic E-state index is 4.57. The van der Waals surface area contributed by atoms with Gasteiger partial charge in [0.1, 0.15) is 24.3 Å². The number of fused-ring (bicyclic) bond motifs is 1. The van der Waals surface area contributed by atoms with Gasteiger partial charge in [-0.25, -0.2) is 19.9 Å². The molecule has 0 N–H and O–H groups in total. The van der Waals surface area contributed by atoms with Crippen LogP contribution in [0.15, 0.2) is 18.7 Å². The number of nitrogens with zero attached hydrogens (tertiary/aromatic N) is 6. The summed E-state index contributed by atoms with van der Waals surface area (Å²) in [7, 11) is 0. The summed E-state index contributed by atoms with van der Waals surface area (Å²) in [6, 6.07) is 2.24. The molecule has 2 aromatic heterocycles. The molecular weight excluding hydrogens is 324 g/mol. The van der Waals surface area contributed by atoms with Crippen LogP contribution in [0.5, 0.6) is 0 Å². The summed E-state index contributed by atoms with van der Waals surface area (Å²) >= 11 is 0. The Morgan fingerprint density at radius 1 is 0.846 bits per heavy atom. The highest BCUT2D eigenvalue weighted by Crippen LogP contribution is 2.38. The first-order valence-electron chi connectivity index (χ1n) is 9.79. The van der Waals surface area contributed by atoms with Crippen LogP contribution in [0.3, 0.4) is 0 Å². The molecule has 4 heterocycles. The van der Waals surface area contributed by atoms with Crippen molar-refractivity contribution in [2.45, 2.75) is 39.0 Å². The highest BCUT2D eigenvalue weighted by molar-refractivity contribution is 5.50. The number of hydrogen-bond donors (Lipinski definition) is 0. The topological polar surface area (TPSA) is 58.0 Å². The third kappa shape index (κ3) is 2.63. The van der Waals surface area contributed by atoms with Gasteiger partial charge in [0.15, 0.2) is 0 Å². The van der Waals surface area contributed by atoms with Gasteiger partial charge in [-0.1, -0.05) is 6.42 Å². The average Bonchev–Trinajstić information content (AvgIpc) is 3.15. The van der Waals surface area contributed by atoms with Crippen LogP contribution in [0.2, 0.25) is 0 Å². The SMILES string of the molecule is Cc1ncnc(N2CC3CN(c4cc(C5CCC5)ncn4)CC3C2)c1C. The van der Waals surface area contributed by atoms with E-state index in [0.29, 0.717) is 17.8 Å². The first-order valence-corrected chi connectivity index (χ1v) is 9.79. The molecule has 2 unspecified atom stereocenters. The quantitative estimate of drug-likeness (QED) is 0.848. The van der Waals surface area contributed by atoms with Crippen molar-refractivity contribution >= 4 is 11.6 Å². The first-order chi connectivity index (χ1) is 12.7. The van der Waals surface area contributed by atoms with Crippen molar-refractivity contribution in [1.82, 2.24) is 19.9 Å². The van der Waals surface area contributed by atoms with E-state index in [0.717, 1.165) is 43.5 Å². The van der Waals surface area contributed by atoms with E-state index >= 15 is 0 Å². The van der Waals surface area contributed by atoms with E-state index in [9.17, 15) is 0 Å². The molecule has 26 heavy (non-hydrogen) atoms. The lowest BCUT2D eigenvalue weighted by atomic mass is 9.83. The Balaban J connectivity index is 1.29. The van der Waals surface area contributed by atoms with Gasteiger partial charge in [0.05, 0.1) is 0 Å². The van der Waals surface area contributed by atoms with Crippen LogP contribution in [0.1, 0.15) is 42.1 Å². The Kier molecular flexibility index (Phi) is 3.80. The minimum atomic E-state index is 0.665. The summed E-state index contributed by atoms with van der Waals surface area (Å²) in [5, 5.41) is 0. The minimum Gasteiger partial charge on any atom is -0.356 e. The molecule has 2 atom stereocenters. The molecule has 0 bridgehead atoms. The lowest BCUT2D eigenvalue weighted by Gasteiger charge is -2.27. The average molecular weight is 350 g/mol. The van der Waals surface area contributed by atoms with Crippen molar-refractivity contribution in [1.29, 1.82) is 0 Å². The Bertz CT molecular complexity index is 804. The van der Waals surface area contributed by atoms with Crippen LogP contribution in [0, 0.1) is 25.7 Å². The fourth-order valence-corrected chi connectivity index (χ4v) is 4.66. The monoisotopic (exact) mass is 350 g/mol. The number of aryl methyl sites for hydroxylation is 1. The van der Waals surface area contributed by atoms with Gasteiger partial charge in [-0.15, -0.1) is 0 Å². The molecule has 0 radical (unpaired) electrons. The molecule has 3 aliphatic rings. The number of anilines is 2. The molecule has 2 aliphatic heterocycles. The van der Waals surface area contributed by atoms with Crippen molar-refractivity contribution in [2.24, 2.45) is 11.8 Å². The Hall–Kier alpha value is -2.24. The van der Waals surface area contributed by atoms with Gasteiger partial charge in [0, 0.05) is 67.0 Å². The largest absolute Gasteiger partial charge is 0.356 e. The zero-order chi connectivity index (χ0) is 17.7. The van der Waals surface area contributed by atoms with Crippen LogP contribution in [-0.2, 0) is 0 Å². The molecule has 0 amide bonds. The summed E-state index contributed by atoms with van der Waals surface area (Å²) in [6.07, 6.45) is 7.37. The summed E-state index contributed by atoms with van der Waals surface area (Å²) in [4.78, 5) is 22.9. The van der Waals surface area contributed by atoms with Gasteiger partial charge in [0.2, 0.25) is 0 Å². The van der Waals surface area contributed by atoms with Gasteiger partial charge < -0.3 is 9.80 Å². The summed E-state index contributed by atoms with van der Waals surface area (Å²) in [5.74, 6) is 4.28. The molecule has 5 rings (SSSR count). The van der Waals surface area contributed by atoms with Crippen LogP contribution in [0.4, 0.5) is 11.6 Å². The highest BCUT2D eigenvalue weighted by atomic mass is 15.3. The molecule has 1 saturated carbocycles. The fraction of sp³-hybridized carbons (Fsp3) is 0.600. The van der Waals surface area contributed by atoms with Crippen molar-refractivity contribution in [3.05, 3.63) is 35.7 Å². The molecule has 0 spiro atoms. The zero-order valence-electron chi connectivity index (χ0n) is 15.6. The Labute approximate surface area is 154 Å². The predicted molar refractivity (Wildman–Crippen MR) is 102 cm³/mol. The fourth-order valence-electron chi connectivity index (χ4n) is 4.66. The smallest absolute Gasteiger partial charge is 0.135 e. The maximum Gasteiger partial charge on any atom is 0.135 e. The molecule has 6 heteroatoms. The second-order valence-electron chi connectivity index (χ2n) is 8.17. The number of hydrogen-bond acceptors (Lipinski definition) is 6. The van der Waals surface area contributed by atoms with E-state index in [1.165, 1.54) is 30.5 Å². The van der Waals surface area contributed by atoms with Crippen LogP contribution >= 0.6 is 0 Å². The summed E-state index contributed by atoms with van der Waals surface area (Å²) in [6.45, 7) is 8.54. The van der Waals surface area contributed by atoms with Gasteiger partial charge in [-0.2, -0.15) is 0 Å². The lowest BCUT2D eigenvalue weighted by Crippen LogP contribution is -2.30. The molecule has 6 nitrogen and oxygen atoms in total. The second kappa shape index (κ2) is 6.18. The summed E-state index contributed by atoms with van der Waals surface area (Å²) in [5.41, 5.74) is 3.54. The molecule has 2 saturated heterocycles. The van der Waals surface area contributed by atoms with Gasteiger partial charge in [-0.05, 0) is 26.7 Å². The van der Waals surface area contributed by atoms with Crippen molar-refractivity contribution in [3.63, 3.8) is 0 Å². The van der Waals surface area contributed by atoms with Crippen molar-refractivity contribution in [3.8, 4) is 0 Å². The van der Waals surface area contributed by atoms with E-state index in [2.05, 4.69) is 49.6 Å². The van der Waals surface area contributed by atoms with Crippen LogP contribution in [0.25, 0.3) is 0 Å². The number of aromatic nitrogens is 4. The van der Waals surface area contributed by atoms with E-state index in [-0.39, 0.29) is 0 Å². The second-order valence-corrected chi connectivity index (χ2v) is 8.17. The van der Waals surface area contributed by atoms with Crippen molar-refractivity contribution in [2.75, 3.05) is 36.0 Å². The molecule has 136 valence electrons. The number of rotatable bonds is 3. The maximum atomic E-state index is 4.57. The highest BCUT2D eigenvalue weighted by Gasteiger charge is 2.41. The molecular formula is C20H26N6. The lowest BCUT2D eigenvalue weighted by molar-refractivity contribution is 0.410. The van der Waals surface area contributed by atoms with E-state index in [1.807, 2.05) is 0 Å². The van der Waals surface area contributed by atoms with E-state index < -0.39 is 0 Å². The zero-order valence-corrected chi connectivity index (χ0v) is 15.6. The van der Waals surface area contributed by atoms with E-state index in [1.54, 1.807) is 12.7 Å². The third-order valence-electron chi connectivity index (χ3n) is 6.62. The predicted octanol–water partition coefficient (Wildman–Crippen LogP) is 2.72. The molecule has 2 aromatic rings. The standard InChI is InChI=1S/C20H26N6/c1-13-14(2)21-11-24-20(13)26-9-16-7-25(8-17(16)10-26)19-6-18(22-12-23-19)15-4-3-5-15/h6,11-12,15-17H,3-5,7-10H2,1-2H3. The van der Waals surface area contributed by atoms with Crippen LogP contribution < -0.4 is 9.80 Å². The van der Waals surface area contributed by atoms with Gasteiger partial charge in [-0.3, -0.25) is 0 Å². The van der Waals surface area contributed by atoms with E-state index in [4.69, 9.17) is 0 Å². The van der Waals surface area contributed by atoms with Crippen molar-refractivity contribution < 1.29 is 0 Å². The molecule has 3 fully saturated rings.